The maximum absolute atomic E-state index is 11.9. The first-order valence-electron chi connectivity index (χ1n) is 5.76. The van der Waals surface area contributed by atoms with Crippen molar-refractivity contribution in [3.8, 4) is 0 Å². The van der Waals surface area contributed by atoms with Crippen molar-refractivity contribution < 1.29 is 27.9 Å². The van der Waals surface area contributed by atoms with Crippen LogP contribution in [0.4, 0.5) is 13.2 Å². The van der Waals surface area contributed by atoms with Crippen molar-refractivity contribution in [2.75, 3.05) is 19.8 Å². The van der Waals surface area contributed by atoms with Crippen LogP contribution in [0.15, 0.2) is 5.16 Å². The Kier molecular flexibility index (Phi) is 5.40. The van der Waals surface area contributed by atoms with Gasteiger partial charge >= 0.3 is 6.18 Å². The number of amidine groups is 1. The molecular formula is C10H16F3N3O3. The highest BCUT2D eigenvalue weighted by Crippen LogP contribution is 2.18. The molecule has 0 aliphatic carbocycles. The number of hydrogen-bond donors (Lipinski definition) is 2. The second-order valence-corrected chi connectivity index (χ2v) is 4.23. The molecule has 110 valence electrons. The number of rotatable bonds is 4. The summed E-state index contributed by atoms with van der Waals surface area (Å²) in [5.74, 6) is -0.718. The second kappa shape index (κ2) is 6.60. The maximum atomic E-state index is 11.9. The predicted octanol–water partition coefficient (Wildman–Crippen LogP) is 0.693. The molecule has 0 aromatic heterocycles. The van der Waals surface area contributed by atoms with Gasteiger partial charge in [-0.05, 0) is 19.3 Å². The fourth-order valence-corrected chi connectivity index (χ4v) is 1.94. The van der Waals surface area contributed by atoms with Crippen molar-refractivity contribution in [2.45, 2.75) is 31.5 Å². The summed E-state index contributed by atoms with van der Waals surface area (Å²) in [5, 5.41) is 11.5. The molecular weight excluding hydrogens is 267 g/mol. The van der Waals surface area contributed by atoms with Gasteiger partial charge < -0.3 is 20.6 Å². The lowest BCUT2D eigenvalue weighted by Crippen LogP contribution is -2.51. The molecule has 1 aliphatic heterocycles. The number of piperidine rings is 1. The van der Waals surface area contributed by atoms with Gasteiger partial charge in [0.15, 0.2) is 5.84 Å². The van der Waals surface area contributed by atoms with E-state index in [1.807, 2.05) is 0 Å². The van der Waals surface area contributed by atoms with Crippen LogP contribution in [-0.4, -0.2) is 53.8 Å². The average molecular weight is 283 g/mol. The van der Waals surface area contributed by atoms with Crippen molar-refractivity contribution in [3.63, 3.8) is 0 Å². The number of carbonyl (C=O) groups is 1. The van der Waals surface area contributed by atoms with E-state index in [2.05, 4.69) is 9.89 Å². The minimum absolute atomic E-state index is 0.121. The third kappa shape index (κ3) is 4.93. The fourth-order valence-electron chi connectivity index (χ4n) is 1.94. The summed E-state index contributed by atoms with van der Waals surface area (Å²) in [7, 11) is 0. The molecule has 1 fully saturated rings. The average Bonchev–Trinajstić information content (AvgIpc) is 2.36. The van der Waals surface area contributed by atoms with Crippen molar-refractivity contribution in [2.24, 2.45) is 10.9 Å². The van der Waals surface area contributed by atoms with E-state index in [0.29, 0.717) is 13.0 Å². The summed E-state index contributed by atoms with van der Waals surface area (Å²) in [4.78, 5) is 13.0. The van der Waals surface area contributed by atoms with Crippen LogP contribution in [0.3, 0.4) is 0 Å². The van der Waals surface area contributed by atoms with Crippen LogP contribution >= 0.6 is 0 Å². The second-order valence-electron chi connectivity index (χ2n) is 4.23. The molecule has 0 aromatic carbocycles. The zero-order valence-electron chi connectivity index (χ0n) is 10.2. The molecule has 0 aromatic rings. The van der Waals surface area contributed by atoms with Gasteiger partial charge in [0, 0.05) is 6.54 Å². The van der Waals surface area contributed by atoms with Crippen LogP contribution in [0.2, 0.25) is 0 Å². The molecule has 1 unspecified atom stereocenters. The van der Waals surface area contributed by atoms with Gasteiger partial charge in [0.1, 0.15) is 13.2 Å². The zero-order valence-corrected chi connectivity index (χ0v) is 10.2. The zero-order chi connectivity index (χ0) is 14.5. The number of likely N-dealkylation sites (tertiary alicyclic amines) is 1. The molecule has 0 spiro atoms. The van der Waals surface area contributed by atoms with Gasteiger partial charge in [0.05, 0.1) is 6.04 Å². The fraction of sp³-hybridized carbons (Fsp3) is 0.800. The largest absolute Gasteiger partial charge is 0.411 e. The highest BCUT2D eigenvalue weighted by atomic mass is 19.4. The highest BCUT2D eigenvalue weighted by molar-refractivity contribution is 5.90. The number of oxime groups is 1. The standard InChI is InChI=1S/C10H16F3N3O3/c11-10(12,13)6-19-5-8(17)16-4-2-1-3-7(16)9(14)15-18/h7,18H,1-6H2,(H2,14,15). The van der Waals surface area contributed by atoms with Crippen LogP contribution in [0, 0.1) is 0 Å². The molecule has 1 atom stereocenters. The topological polar surface area (TPSA) is 88.2 Å². The summed E-state index contributed by atoms with van der Waals surface area (Å²) in [6, 6.07) is -0.583. The summed E-state index contributed by atoms with van der Waals surface area (Å²) in [5.41, 5.74) is 5.46. The molecule has 0 saturated carbocycles. The van der Waals surface area contributed by atoms with Crippen molar-refractivity contribution >= 4 is 11.7 Å². The van der Waals surface area contributed by atoms with Gasteiger partial charge in [-0.1, -0.05) is 5.16 Å². The van der Waals surface area contributed by atoms with Crippen molar-refractivity contribution in [1.82, 2.24) is 4.90 Å². The number of nitrogens with two attached hydrogens (primary N) is 1. The molecule has 1 heterocycles. The number of hydrogen-bond acceptors (Lipinski definition) is 4. The van der Waals surface area contributed by atoms with Gasteiger partial charge in [-0.15, -0.1) is 0 Å². The van der Waals surface area contributed by atoms with E-state index in [-0.39, 0.29) is 5.84 Å². The Hall–Kier alpha value is -1.51. The SMILES string of the molecule is NC(=NO)C1CCCCN1C(=O)COCC(F)(F)F. The normalized spacial score (nSPS) is 21.5. The van der Waals surface area contributed by atoms with E-state index in [1.165, 1.54) is 4.90 Å². The Morgan fingerprint density at radius 1 is 1.47 bits per heavy atom. The smallest absolute Gasteiger partial charge is 0.409 e. The predicted molar refractivity (Wildman–Crippen MR) is 59.6 cm³/mol. The number of halogens is 3. The molecule has 0 radical (unpaired) electrons. The number of carbonyl (C=O) groups excluding carboxylic acids is 1. The maximum Gasteiger partial charge on any atom is 0.411 e. The molecule has 0 bridgehead atoms. The monoisotopic (exact) mass is 283 g/mol. The van der Waals surface area contributed by atoms with E-state index in [9.17, 15) is 18.0 Å². The van der Waals surface area contributed by atoms with Crippen LogP contribution in [-0.2, 0) is 9.53 Å². The first kappa shape index (κ1) is 15.5. The molecule has 1 saturated heterocycles. The number of ether oxygens (including phenoxy) is 1. The first-order valence-corrected chi connectivity index (χ1v) is 5.76. The van der Waals surface area contributed by atoms with Gasteiger partial charge in [-0.25, -0.2) is 0 Å². The molecule has 1 amide bonds. The van der Waals surface area contributed by atoms with Crippen molar-refractivity contribution in [1.29, 1.82) is 0 Å². The van der Waals surface area contributed by atoms with E-state index in [4.69, 9.17) is 10.9 Å². The summed E-state index contributed by atoms with van der Waals surface area (Å²) in [6.45, 7) is -1.79. The molecule has 1 rings (SSSR count). The number of nitrogens with zero attached hydrogens (tertiary/aromatic N) is 2. The quantitative estimate of drug-likeness (QED) is 0.344. The van der Waals surface area contributed by atoms with Crippen LogP contribution in [0.25, 0.3) is 0 Å². The molecule has 6 nitrogen and oxygen atoms in total. The molecule has 3 N–H and O–H groups in total. The number of amides is 1. The van der Waals surface area contributed by atoms with Gasteiger partial charge in [0.2, 0.25) is 5.91 Å². The lowest BCUT2D eigenvalue weighted by molar-refractivity contribution is -0.178. The molecule has 19 heavy (non-hydrogen) atoms. The first-order chi connectivity index (χ1) is 8.85. The Balaban J connectivity index is 2.53. The summed E-state index contributed by atoms with van der Waals surface area (Å²) in [6.07, 6.45) is -2.43. The molecule has 1 aliphatic rings. The minimum Gasteiger partial charge on any atom is -0.409 e. The summed E-state index contributed by atoms with van der Waals surface area (Å²) >= 11 is 0. The van der Waals surface area contributed by atoms with E-state index in [1.54, 1.807) is 0 Å². The lowest BCUT2D eigenvalue weighted by atomic mass is 10.0. The Bertz CT molecular complexity index is 347. The van der Waals surface area contributed by atoms with E-state index < -0.39 is 31.3 Å². The van der Waals surface area contributed by atoms with Gasteiger partial charge in [-0.2, -0.15) is 13.2 Å². The van der Waals surface area contributed by atoms with Gasteiger partial charge in [-0.3, -0.25) is 4.79 Å². The third-order valence-corrected chi connectivity index (χ3v) is 2.77. The third-order valence-electron chi connectivity index (χ3n) is 2.77. The highest BCUT2D eigenvalue weighted by Gasteiger charge is 2.31. The van der Waals surface area contributed by atoms with Gasteiger partial charge in [0.25, 0.3) is 0 Å². The van der Waals surface area contributed by atoms with Crippen LogP contribution in [0.5, 0.6) is 0 Å². The van der Waals surface area contributed by atoms with E-state index in [0.717, 1.165) is 12.8 Å². The molecule has 9 heteroatoms. The Morgan fingerprint density at radius 2 is 2.16 bits per heavy atom. The van der Waals surface area contributed by atoms with Crippen LogP contribution in [0.1, 0.15) is 19.3 Å². The Morgan fingerprint density at radius 3 is 2.74 bits per heavy atom. The number of alkyl halides is 3. The lowest BCUT2D eigenvalue weighted by Gasteiger charge is -2.34. The minimum atomic E-state index is -4.47. The van der Waals surface area contributed by atoms with Crippen molar-refractivity contribution in [3.05, 3.63) is 0 Å². The Labute approximate surface area is 108 Å². The van der Waals surface area contributed by atoms with Crippen LogP contribution < -0.4 is 5.73 Å². The summed E-state index contributed by atoms with van der Waals surface area (Å²) < 4.78 is 40.0. The van der Waals surface area contributed by atoms with E-state index >= 15 is 0 Å².